The number of ether oxygens (including phenoxy) is 1. The van der Waals surface area contributed by atoms with Crippen LogP contribution in [0, 0.1) is 6.92 Å². The van der Waals surface area contributed by atoms with E-state index < -0.39 is 12.1 Å². The van der Waals surface area contributed by atoms with Crippen LogP contribution in [0.4, 0.5) is 13.2 Å². The Morgan fingerprint density at radius 2 is 2.00 bits per heavy atom. The molecule has 1 aliphatic rings. The first-order valence-corrected chi connectivity index (χ1v) is 12.8. The second-order valence-electron chi connectivity index (χ2n) is 9.20. The zero-order valence-electron chi connectivity index (χ0n) is 22.2. The van der Waals surface area contributed by atoms with Crippen molar-refractivity contribution in [1.82, 2.24) is 20.1 Å². The number of nitrogens with zero attached hydrogens (tertiary/aromatic N) is 3. The largest absolute Gasteiger partial charge is 0.490 e. The normalized spacial score (nSPS) is 13.1. The maximum atomic E-state index is 12.7. The number of aliphatic carboxylic acids is 1. The van der Waals surface area contributed by atoms with Crippen molar-refractivity contribution in [3.63, 3.8) is 0 Å². The number of halogens is 3. The van der Waals surface area contributed by atoms with Gasteiger partial charge in [-0.15, -0.1) is 0 Å². The van der Waals surface area contributed by atoms with E-state index in [1.807, 2.05) is 36.9 Å². The SMILES string of the molecule is CCOC(=O)c1c2c(nn1CCCNCCC(C)c1ccc(C)o1)-c1ccncc1CC2.O=C(O)C(F)(F)F.[HH]. The number of alkyl halides is 3. The number of esters is 1. The average Bonchev–Trinajstić information content (AvgIpc) is 3.49. The van der Waals surface area contributed by atoms with Gasteiger partial charge in [-0.2, -0.15) is 18.3 Å². The van der Waals surface area contributed by atoms with E-state index in [9.17, 15) is 18.0 Å². The molecule has 1 aliphatic carbocycles. The first-order chi connectivity index (χ1) is 18.5. The van der Waals surface area contributed by atoms with E-state index in [0.29, 0.717) is 24.8 Å². The second kappa shape index (κ2) is 13.4. The van der Waals surface area contributed by atoms with Gasteiger partial charge in [0.15, 0.2) is 0 Å². The van der Waals surface area contributed by atoms with Gasteiger partial charge in [-0.25, -0.2) is 9.59 Å². The van der Waals surface area contributed by atoms with Crippen molar-refractivity contribution >= 4 is 11.9 Å². The van der Waals surface area contributed by atoms with Crippen LogP contribution in [0.5, 0.6) is 0 Å². The highest BCUT2D eigenvalue weighted by molar-refractivity contribution is 5.92. The molecular formula is C27H35F3N4O5. The van der Waals surface area contributed by atoms with Gasteiger partial charge in [0.05, 0.1) is 12.3 Å². The van der Waals surface area contributed by atoms with E-state index in [0.717, 1.165) is 67.1 Å². The number of hydrogen-bond donors (Lipinski definition) is 2. The Hall–Kier alpha value is -3.67. The van der Waals surface area contributed by atoms with Gasteiger partial charge in [-0.3, -0.25) is 9.67 Å². The maximum absolute atomic E-state index is 12.7. The highest BCUT2D eigenvalue weighted by Crippen LogP contribution is 2.34. The van der Waals surface area contributed by atoms with Crippen LogP contribution in [0.3, 0.4) is 0 Å². The van der Waals surface area contributed by atoms with Crippen LogP contribution < -0.4 is 5.32 Å². The molecule has 0 aromatic carbocycles. The minimum absolute atomic E-state index is 0. The Kier molecular flexibility index (Phi) is 10.3. The third kappa shape index (κ3) is 7.92. The third-order valence-electron chi connectivity index (χ3n) is 6.29. The van der Waals surface area contributed by atoms with Crippen LogP contribution >= 0.6 is 0 Å². The van der Waals surface area contributed by atoms with Crippen LogP contribution in [-0.2, 0) is 28.9 Å². The summed E-state index contributed by atoms with van der Waals surface area (Å²) in [5.41, 5.74) is 4.75. The number of furan rings is 1. The molecule has 39 heavy (non-hydrogen) atoms. The molecule has 12 heteroatoms. The Labute approximate surface area is 225 Å². The topological polar surface area (TPSA) is 119 Å². The molecule has 0 aliphatic heterocycles. The van der Waals surface area contributed by atoms with Gasteiger partial charge in [-0.05, 0) is 76.4 Å². The number of fused-ring (bicyclic) bond motifs is 3. The summed E-state index contributed by atoms with van der Waals surface area (Å²) >= 11 is 0. The highest BCUT2D eigenvalue weighted by atomic mass is 19.4. The summed E-state index contributed by atoms with van der Waals surface area (Å²) in [5, 5.41) is 15.5. The predicted octanol–water partition coefficient (Wildman–Crippen LogP) is 5.17. The van der Waals surface area contributed by atoms with Crippen LogP contribution in [0.1, 0.15) is 67.2 Å². The molecular weight excluding hydrogens is 517 g/mol. The molecule has 1 unspecified atom stereocenters. The van der Waals surface area contributed by atoms with E-state index in [-0.39, 0.29) is 7.40 Å². The minimum Gasteiger partial charge on any atom is -0.475 e. The van der Waals surface area contributed by atoms with Gasteiger partial charge in [0, 0.05) is 37.4 Å². The Morgan fingerprint density at radius 1 is 1.26 bits per heavy atom. The van der Waals surface area contributed by atoms with Crippen molar-refractivity contribution in [1.29, 1.82) is 0 Å². The lowest BCUT2D eigenvalue weighted by molar-refractivity contribution is -0.192. The first kappa shape index (κ1) is 29.9. The molecule has 0 amide bonds. The second-order valence-corrected chi connectivity index (χ2v) is 9.20. The van der Waals surface area contributed by atoms with Crippen LogP contribution in [0.2, 0.25) is 0 Å². The quantitative estimate of drug-likeness (QED) is 0.261. The van der Waals surface area contributed by atoms with Gasteiger partial charge in [0.2, 0.25) is 0 Å². The van der Waals surface area contributed by atoms with E-state index in [1.165, 1.54) is 5.56 Å². The number of carbonyl (C=O) groups is 2. The van der Waals surface area contributed by atoms with Gasteiger partial charge in [0.25, 0.3) is 0 Å². The number of aromatic nitrogens is 3. The molecule has 0 bridgehead atoms. The van der Waals surface area contributed by atoms with Crippen molar-refractivity contribution in [3.8, 4) is 11.3 Å². The summed E-state index contributed by atoms with van der Waals surface area (Å²) in [6, 6.07) is 6.06. The molecule has 3 heterocycles. The van der Waals surface area contributed by atoms with E-state index in [1.54, 1.807) is 6.20 Å². The van der Waals surface area contributed by atoms with Crippen molar-refractivity contribution in [2.24, 2.45) is 0 Å². The lowest BCUT2D eigenvalue weighted by atomic mass is 9.90. The summed E-state index contributed by atoms with van der Waals surface area (Å²) in [5.74, 6) is -0.653. The van der Waals surface area contributed by atoms with Crippen molar-refractivity contribution in [2.45, 2.75) is 65.1 Å². The summed E-state index contributed by atoms with van der Waals surface area (Å²) in [6.07, 6.45) is 2.14. The molecule has 1 atom stereocenters. The Balaban J connectivity index is 0.000000623. The number of carboxylic acids is 1. The molecule has 214 valence electrons. The monoisotopic (exact) mass is 552 g/mol. The summed E-state index contributed by atoms with van der Waals surface area (Å²) < 4.78 is 44.7. The number of rotatable bonds is 10. The van der Waals surface area contributed by atoms with Gasteiger partial charge in [0.1, 0.15) is 17.2 Å². The zero-order valence-corrected chi connectivity index (χ0v) is 22.2. The van der Waals surface area contributed by atoms with E-state index in [2.05, 4.69) is 23.3 Å². The Bertz CT molecular complexity index is 1280. The standard InChI is InChI=1S/C25H32N4O3.C2HF3O2.H2/c1-4-31-25(30)24-21-8-7-19-16-27-14-11-20(19)23(21)28-29(24)15-5-12-26-13-10-17(2)22-9-6-18(3)32-22;3-2(4,5)1(6)7;/h6,9,11,14,16-17,26H,4-5,7-8,10,12-13,15H2,1-3H3;(H,6,7);1H. The lowest BCUT2D eigenvalue weighted by Gasteiger charge is -2.15. The molecule has 0 spiro atoms. The number of aryl methyl sites for hydroxylation is 3. The maximum Gasteiger partial charge on any atom is 0.490 e. The number of pyridine rings is 1. The molecule has 0 saturated carbocycles. The highest BCUT2D eigenvalue weighted by Gasteiger charge is 2.38. The smallest absolute Gasteiger partial charge is 0.475 e. The zero-order chi connectivity index (χ0) is 28.6. The molecule has 9 nitrogen and oxygen atoms in total. The third-order valence-corrected chi connectivity index (χ3v) is 6.29. The molecule has 0 saturated heterocycles. The van der Waals surface area contributed by atoms with Crippen LogP contribution in [-0.4, -0.2) is 57.7 Å². The fourth-order valence-corrected chi connectivity index (χ4v) is 4.32. The van der Waals surface area contributed by atoms with E-state index >= 15 is 0 Å². The number of carboxylic acid groups (broad SMARTS) is 1. The molecule has 3 aromatic heterocycles. The number of hydrogen-bond acceptors (Lipinski definition) is 7. The number of carbonyl (C=O) groups excluding carboxylic acids is 1. The Morgan fingerprint density at radius 3 is 2.64 bits per heavy atom. The van der Waals surface area contributed by atoms with Crippen LogP contribution in [0.25, 0.3) is 11.3 Å². The van der Waals surface area contributed by atoms with E-state index in [4.69, 9.17) is 24.2 Å². The fraction of sp³-hybridized carbons (Fsp3) is 0.481. The van der Waals surface area contributed by atoms with Gasteiger partial charge in [-0.1, -0.05) is 6.92 Å². The minimum atomic E-state index is -5.08. The van der Waals surface area contributed by atoms with Crippen molar-refractivity contribution in [2.75, 3.05) is 19.7 Å². The molecule has 0 fully saturated rings. The molecule has 0 radical (unpaired) electrons. The predicted molar refractivity (Wildman–Crippen MR) is 139 cm³/mol. The molecule has 2 N–H and O–H groups in total. The van der Waals surface area contributed by atoms with Gasteiger partial charge >= 0.3 is 18.1 Å². The van der Waals surface area contributed by atoms with Crippen LogP contribution in [0.15, 0.2) is 35.0 Å². The lowest BCUT2D eigenvalue weighted by Crippen LogP contribution is -2.21. The van der Waals surface area contributed by atoms with Crippen molar-refractivity contribution in [3.05, 3.63) is 58.9 Å². The number of nitrogens with one attached hydrogen (secondary N) is 1. The van der Waals surface area contributed by atoms with Crippen molar-refractivity contribution < 1.29 is 38.4 Å². The summed E-state index contributed by atoms with van der Waals surface area (Å²) in [4.78, 5) is 25.9. The average molecular weight is 553 g/mol. The molecule has 4 rings (SSSR count). The molecule has 3 aromatic rings. The van der Waals surface area contributed by atoms with Gasteiger partial charge < -0.3 is 19.6 Å². The summed E-state index contributed by atoms with van der Waals surface area (Å²) in [6.45, 7) is 8.80. The first-order valence-electron chi connectivity index (χ1n) is 12.8. The summed E-state index contributed by atoms with van der Waals surface area (Å²) in [7, 11) is 0. The fourth-order valence-electron chi connectivity index (χ4n) is 4.32.